The smallest absolute Gasteiger partial charge is 0.161 e. The second-order valence-electron chi connectivity index (χ2n) is 4.29. The van der Waals surface area contributed by atoms with E-state index in [2.05, 4.69) is 15.9 Å². The summed E-state index contributed by atoms with van der Waals surface area (Å²) in [7, 11) is 0. The molecule has 0 amide bonds. The van der Waals surface area contributed by atoms with Crippen LogP contribution in [0, 0.1) is 0 Å². The van der Waals surface area contributed by atoms with Crippen molar-refractivity contribution in [3.63, 3.8) is 0 Å². The summed E-state index contributed by atoms with van der Waals surface area (Å²) in [5, 5.41) is 0.819. The quantitative estimate of drug-likeness (QED) is 0.752. The van der Waals surface area contributed by atoms with E-state index in [-0.39, 0.29) is 6.10 Å². The number of halogens is 1. The lowest BCUT2D eigenvalue weighted by molar-refractivity contribution is 0.0667. The first-order valence-electron chi connectivity index (χ1n) is 6.39. The minimum atomic E-state index is 0.232. The molecule has 0 aromatic heterocycles. The molecule has 1 aromatic rings. The fourth-order valence-electron chi connectivity index (χ4n) is 1.98. The van der Waals surface area contributed by atoms with Crippen LogP contribution >= 0.6 is 15.9 Å². The highest BCUT2D eigenvalue weighted by molar-refractivity contribution is 9.08. The Morgan fingerprint density at radius 3 is 2.89 bits per heavy atom. The third kappa shape index (κ3) is 3.62. The van der Waals surface area contributed by atoms with Crippen molar-refractivity contribution in [3.8, 4) is 11.5 Å². The van der Waals surface area contributed by atoms with E-state index in [1.54, 1.807) is 0 Å². The van der Waals surface area contributed by atoms with E-state index in [4.69, 9.17) is 14.2 Å². The molecule has 1 aliphatic rings. The summed E-state index contributed by atoms with van der Waals surface area (Å²) in [4.78, 5) is 0. The van der Waals surface area contributed by atoms with Crippen molar-refractivity contribution in [2.24, 2.45) is 0 Å². The molecular formula is C14H19BrO3. The lowest BCUT2D eigenvalue weighted by Crippen LogP contribution is -2.16. The van der Waals surface area contributed by atoms with Gasteiger partial charge >= 0.3 is 0 Å². The normalized spacial score (nSPS) is 18.9. The van der Waals surface area contributed by atoms with E-state index >= 15 is 0 Å². The fraction of sp³-hybridized carbons (Fsp3) is 0.571. The van der Waals surface area contributed by atoms with Gasteiger partial charge in [-0.15, -0.1) is 0 Å². The Bertz CT molecular complexity index is 375. The topological polar surface area (TPSA) is 27.7 Å². The van der Waals surface area contributed by atoms with Gasteiger partial charge in [-0.1, -0.05) is 22.0 Å². The van der Waals surface area contributed by atoms with Gasteiger partial charge in [0.05, 0.1) is 12.7 Å². The van der Waals surface area contributed by atoms with E-state index in [1.165, 1.54) is 5.56 Å². The molecule has 4 heteroatoms. The van der Waals surface area contributed by atoms with Crippen LogP contribution in [-0.2, 0) is 10.1 Å². The van der Waals surface area contributed by atoms with Crippen LogP contribution in [0.4, 0.5) is 0 Å². The first-order valence-corrected chi connectivity index (χ1v) is 7.51. The molecule has 1 fully saturated rings. The molecule has 0 bridgehead atoms. The molecule has 3 nitrogen and oxygen atoms in total. The van der Waals surface area contributed by atoms with Gasteiger partial charge in [0.1, 0.15) is 6.61 Å². The molecule has 1 unspecified atom stereocenters. The van der Waals surface area contributed by atoms with Gasteiger partial charge in [0.25, 0.3) is 0 Å². The minimum Gasteiger partial charge on any atom is -0.490 e. The Balaban J connectivity index is 2.00. The number of hydrogen-bond donors (Lipinski definition) is 0. The van der Waals surface area contributed by atoms with E-state index in [1.807, 2.05) is 25.1 Å². The SMILES string of the molecule is CCOc1cc(CBr)ccc1OCC1CCCO1. The van der Waals surface area contributed by atoms with E-state index in [9.17, 15) is 0 Å². The summed E-state index contributed by atoms with van der Waals surface area (Å²) >= 11 is 3.44. The Kier molecular flexibility index (Phi) is 5.32. The van der Waals surface area contributed by atoms with Crippen LogP contribution in [0.1, 0.15) is 25.3 Å². The van der Waals surface area contributed by atoms with Gasteiger partial charge in [-0.3, -0.25) is 0 Å². The summed E-state index contributed by atoms with van der Waals surface area (Å²) in [5.41, 5.74) is 1.18. The van der Waals surface area contributed by atoms with Gasteiger partial charge in [0, 0.05) is 11.9 Å². The van der Waals surface area contributed by atoms with Crippen molar-refractivity contribution >= 4 is 15.9 Å². The highest BCUT2D eigenvalue weighted by atomic mass is 79.9. The summed E-state index contributed by atoms with van der Waals surface area (Å²) in [5.74, 6) is 1.62. The van der Waals surface area contributed by atoms with Crippen molar-refractivity contribution in [1.29, 1.82) is 0 Å². The first kappa shape index (κ1) is 13.7. The molecule has 0 saturated carbocycles. The van der Waals surface area contributed by atoms with Crippen LogP contribution in [-0.4, -0.2) is 25.9 Å². The molecule has 1 aliphatic heterocycles. The zero-order chi connectivity index (χ0) is 12.8. The van der Waals surface area contributed by atoms with Crippen molar-refractivity contribution in [2.75, 3.05) is 19.8 Å². The minimum absolute atomic E-state index is 0.232. The Labute approximate surface area is 117 Å². The monoisotopic (exact) mass is 314 g/mol. The van der Waals surface area contributed by atoms with Gasteiger partial charge in [-0.25, -0.2) is 0 Å². The summed E-state index contributed by atoms with van der Waals surface area (Å²) < 4.78 is 17.0. The molecule has 100 valence electrons. The van der Waals surface area contributed by atoms with E-state index in [0.29, 0.717) is 13.2 Å². The van der Waals surface area contributed by atoms with Crippen LogP contribution in [0.3, 0.4) is 0 Å². The fourth-order valence-corrected chi connectivity index (χ4v) is 2.33. The second-order valence-corrected chi connectivity index (χ2v) is 4.85. The highest BCUT2D eigenvalue weighted by Gasteiger charge is 2.17. The zero-order valence-corrected chi connectivity index (χ0v) is 12.2. The van der Waals surface area contributed by atoms with Crippen molar-refractivity contribution in [1.82, 2.24) is 0 Å². The lowest BCUT2D eigenvalue weighted by atomic mass is 10.2. The predicted octanol–water partition coefficient (Wildman–Crippen LogP) is 3.54. The van der Waals surface area contributed by atoms with Gasteiger partial charge in [-0.2, -0.15) is 0 Å². The van der Waals surface area contributed by atoms with Gasteiger partial charge in [-0.05, 0) is 37.5 Å². The molecule has 1 atom stereocenters. The first-order chi connectivity index (χ1) is 8.83. The van der Waals surface area contributed by atoms with Gasteiger partial charge < -0.3 is 14.2 Å². The van der Waals surface area contributed by atoms with E-state index < -0.39 is 0 Å². The molecule has 0 aliphatic carbocycles. The van der Waals surface area contributed by atoms with Crippen LogP contribution in [0.15, 0.2) is 18.2 Å². The molecule has 18 heavy (non-hydrogen) atoms. The molecule has 1 saturated heterocycles. The largest absolute Gasteiger partial charge is 0.490 e. The Morgan fingerprint density at radius 2 is 2.22 bits per heavy atom. The third-order valence-electron chi connectivity index (χ3n) is 2.91. The number of rotatable bonds is 6. The summed E-state index contributed by atoms with van der Waals surface area (Å²) in [6, 6.07) is 6.03. The Morgan fingerprint density at radius 1 is 1.33 bits per heavy atom. The van der Waals surface area contributed by atoms with Gasteiger partial charge in [0.15, 0.2) is 11.5 Å². The van der Waals surface area contributed by atoms with Crippen molar-refractivity contribution in [2.45, 2.75) is 31.2 Å². The summed E-state index contributed by atoms with van der Waals surface area (Å²) in [6.07, 6.45) is 2.45. The molecule has 0 radical (unpaired) electrons. The average molecular weight is 315 g/mol. The van der Waals surface area contributed by atoms with Crippen LogP contribution in [0.5, 0.6) is 11.5 Å². The van der Waals surface area contributed by atoms with Crippen LogP contribution in [0.2, 0.25) is 0 Å². The van der Waals surface area contributed by atoms with Crippen molar-refractivity contribution in [3.05, 3.63) is 23.8 Å². The molecule has 0 spiro atoms. The van der Waals surface area contributed by atoms with Crippen LogP contribution in [0.25, 0.3) is 0 Å². The third-order valence-corrected chi connectivity index (χ3v) is 3.56. The van der Waals surface area contributed by atoms with Gasteiger partial charge in [0.2, 0.25) is 0 Å². The number of benzene rings is 1. The molecule has 1 heterocycles. The Hall–Kier alpha value is -0.740. The maximum Gasteiger partial charge on any atom is 0.161 e. The summed E-state index contributed by atoms with van der Waals surface area (Å²) in [6.45, 7) is 4.08. The maximum atomic E-state index is 5.81. The number of ether oxygens (including phenoxy) is 3. The second kappa shape index (κ2) is 7.00. The maximum absolute atomic E-state index is 5.81. The van der Waals surface area contributed by atoms with Crippen LogP contribution < -0.4 is 9.47 Å². The highest BCUT2D eigenvalue weighted by Crippen LogP contribution is 2.30. The lowest BCUT2D eigenvalue weighted by Gasteiger charge is -2.15. The average Bonchev–Trinajstić information content (AvgIpc) is 2.90. The standard InChI is InChI=1S/C14H19BrO3/c1-2-16-14-8-11(9-15)5-6-13(14)18-10-12-4-3-7-17-12/h5-6,8,12H,2-4,7,9-10H2,1H3. The molecule has 2 rings (SSSR count). The predicted molar refractivity (Wildman–Crippen MR) is 74.7 cm³/mol. The number of alkyl halides is 1. The van der Waals surface area contributed by atoms with E-state index in [0.717, 1.165) is 36.3 Å². The van der Waals surface area contributed by atoms with Crippen molar-refractivity contribution < 1.29 is 14.2 Å². The molecule has 1 aromatic carbocycles. The number of hydrogen-bond acceptors (Lipinski definition) is 3. The zero-order valence-electron chi connectivity index (χ0n) is 10.7. The molecule has 0 N–H and O–H groups in total. The molecular weight excluding hydrogens is 296 g/mol.